The highest BCUT2D eigenvalue weighted by Crippen LogP contribution is 2.38. The number of ketones is 1. The molecule has 6 fully saturated rings. The number of primary amides is 1. The molecule has 26 nitrogen and oxygen atoms in total. The summed E-state index contributed by atoms with van der Waals surface area (Å²) in [6.45, 7) is 35.5. The van der Waals surface area contributed by atoms with E-state index in [0.717, 1.165) is 123 Å². The van der Waals surface area contributed by atoms with E-state index in [4.69, 9.17) is 62.1 Å². The predicted molar refractivity (Wildman–Crippen MR) is 557 cm³/mol. The summed E-state index contributed by atoms with van der Waals surface area (Å²) >= 11 is 12.6. The maximum Gasteiger partial charge on any atom is 0.251 e. The van der Waals surface area contributed by atoms with E-state index in [2.05, 4.69) is 62.2 Å². The summed E-state index contributed by atoms with van der Waals surface area (Å²) in [5.41, 5.74) is 12.8. The molecule has 6 aliphatic heterocycles. The van der Waals surface area contributed by atoms with Crippen molar-refractivity contribution in [3.05, 3.63) is 332 Å². The van der Waals surface area contributed by atoms with Crippen LogP contribution in [0.4, 0.5) is 0 Å². The molecular formula is C114H131Cl2N9O17. The molecule has 0 aromatic heterocycles. The molecule has 6 heterocycles. The summed E-state index contributed by atoms with van der Waals surface area (Å²) < 4.78 is 41.5. The van der Waals surface area contributed by atoms with E-state index in [0.29, 0.717) is 153 Å². The predicted octanol–water partition coefficient (Wildman–Crippen LogP) is 19.3. The molecule has 4 N–H and O–H groups in total. The van der Waals surface area contributed by atoms with Gasteiger partial charge in [-0.15, -0.1) is 0 Å². The van der Waals surface area contributed by atoms with Gasteiger partial charge in [0.1, 0.15) is 76.9 Å². The average molecular weight is 1970 g/mol. The molecule has 0 aliphatic carbocycles. The third-order valence-corrected chi connectivity index (χ3v) is 25.5. The summed E-state index contributed by atoms with van der Waals surface area (Å²) in [7, 11) is 1.66. The molecule has 9 aromatic rings. The number of ether oxygens (including phenoxy) is 7. The number of carbonyl (C=O) groups excluding carboxylic acids is 10. The summed E-state index contributed by atoms with van der Waals surface area (Å²) in [6, 6.07) is 68.2. The highest BCUT2D eigenvalue weighted by atomic mass is 35.5. The first-order chi connectivity index (χ1) is 68.7. The maximum atomic E-state index is 12.4. The van der Waals surface area contributed by atoms with Gasteiger partial charge in [0.05, 0.1) is 17.2 Å². The highest BCUT2D eigenvalue weighted by molar-refractivity contribution is 6.32. The Morgan fingerprint density at radius 3 is 1.01 bits per heavy atom. The quantitative estimate of drug-likeness (QED) is 0.0278. The number of Topliss-reactive ketones (excluding diaryl/α,β-unsaturated/α-hetero) is 1. The smallest absolute Gasteiger partial charge is 0.251 e. The fourth-order valence-electron chi connectivity index (χ4n) is 16.5. The van der Waals surface area contributed by atoms with E-state index < -0.39 is 5.91 Å². The molecule has 0 bridgehead atoms. The minimum atomic E-state index is -0.471. The number of halogens is 2. The minimum absolute atomic E-state index is 0.0162. The molecular weight excluding hydrogens is 1840 g/mol. The molecule has 0 saturated carbocycles. The Balaban J connectivity index is 0.000000176. The third kappa shape index (κ3) is 34.5. The number of likely N-dealkylation sites (tertiary alicyclic amines) is 6. The number of hydrogen-bond acceptors (Lipinski definition) is 17. The fourth-order valence-corrected chi connectivity index (χ4v) is 16.8. The lowest BCUT2D eigenvalue weighted by Crippen LogP contribution is -2.41. The van der Waals surface area contributed by atoms with Crippen molar-refractivity contribution in [2.75, 3.05) is 85.6 Å². The van der Waals surface area contributed by atoms with Gasteiger partial charge in [0, 0.05) is 202 Å². The van der Waals surface area contributed by atoms with Crippen molar-refractivity contribution in [1.29, 1.82) is 0 Å². The number of nitrogens with one attached hydrogen (secondary N) is 2. The average Bonchev–Trinajstić information content (AvgIpc) is 0.812. The van der Waals surface area contributed by atoms with Crippen molar-refractivity contribution in [3.63, 3.8) is 0 Å². The van der Waals surface area contributed by atoms with Gasteiger partial charge in [0.2, 0.25) is 41.4 Å². The molecule has 1 unspecified atom stereocenters. The fraction of sp³-hybridized carbons (Fsp3) is 0.333. The molecule has 9 amide bonds. The number of nitrogens with zero attached hydrogens (tertiary/aromatic N) is 6. The van der Waals surface area contributed by atoms with E-state index in [1.807, 2.05) is 172 Å². The van der Waals surface area contributed by atoms with Gasteiger partial charge >= 0.3 is 0 Å². The van der Waals surface area contributed by atoms with Crippen molar-refractivity contribution < 1.29 is 81.1 Å². The van der Waals surface area contributed by atoms with E-state index in [-0.39, 0.29) is 95.7 Å². The molecule has 0 radical (unpaired) electrons. The lowest BCUT2D eigenvalue weighted by atomic mass is 10.0. The van der Waals surface area contributed by atoms with Crippen LogP contribution in [0.5, 0.6) is 40.2 Å². The highest BCUT2D eigenvalue weighted by Gasteiger charge is 2.31. The number of hydrogen-bond donors (Lipinski definition) is 3. The summed E-state index contributed by atoms with van der Waals surface area (Å²) in [5, 5.41) is 7.06. The summed E-state index contributed by atoms with van der Waals surface area (Å²) in [6.07, 6.45) is 19.2. The molecule has 748 valence electrons. The zero-order valence-electron chi connectivity index (χ0n) is 81.6. The number of rotatable bonds is 30. The summed E-state index contributed by atoms with van der Waals surface area (Å²) in [4.78, 5) is 128. The first-order valence-corrected chi connectivity index (χ1v) is 49.1. The largest absolute Gasteiger partial charge is 0.496 e. The van der Waals surface area contributed by atoms with Gasteiger partial charge in [-0.1, -0.05) is 198 Å². The molecule has 1 atom stereocenters. The van der Waals surface area contributed by atoms with E-state index in [1.165, 1.54) is 36.5 Å². The Hall–Kier alpha value is -14.5. The number of methoxy groups -OCH3 is 1. The van der Waals surface area contributed by atoms with Crippen LogP contribution in [0.2, 0.25) is 10.0 Å². The van der Waals surface area contributed by atoms with E-state index in [1.54, 1.807) is 91.1 Å². The Morgan fingerprint density at radius 2 is 0.662 bits per heavy atom. The van der Waals surface area contributed by atoms with Gasteiger partial charge in [-0.3, -0.25) is 47.9 Å². The SMILES string of the molecule is C=CC(=O)N1CCC(Oc2cc(-c3ccccc3)ccc2Cl)CC1.C=CC(=O)N1CCC(Oc2cc(-c3ccccc3OC)ccc2Cl)CC1.C=CC(=O)N1CCC(Oc2cccc(C(=O)CC)c2)CC1.C=CC(=O)N1CCC(Oc2cccc(C(=O)NC(C)CC)c2)CC1.C=CC(=O)N1CCC(Oc2cccc(C(=O)NCc3ccccc3)c2)CC1.C=CC(=O)N1CCC(Oc2cccc(C(N)=O)c2)CC1. The third-order valence-electron chi connectivity index (χ3n) is 24.8. The molecule has 0 spiro atoms. The Bertz CT molecular complexity index is 5750. The first-order valence-electron chi connectivity index (χ1n) is 48.3. The standard InChI is InChI=1S/C22H24N2O3.C21H22ClNO3.C20H20ClNO2.C19H26N2O3.C17H21NO3.C15H18N2O3/c1-2-21(25)24-13-11-19(12-14-24)27-20-10-6-9-18(15-20)22(26)23-16-17-7-4-3-5-8-17;1-3-21(24)23-12-10-16(11-13-23)26-20-14-15(8-9-18(20)22)17-6-4-5-7-19(17)25-2;1-2-20(23)22-12-10-17(11-13-22)24-19-14-16(8-9-18(19)21)15-6-4-3-5-7-15;1-4-14(3)20-19(23)15-7-6-8-17(13-15)24-16-9-11-21(12-10-16)18(22)5-2;1-3-16(19)13-6-5-7-15(12-13)21-14-8-10-18(11-9-14)17(20)4-2;1-2-14(18)17-8-6-12(7-9-17)20-13-5-3-4-11(10-13)15(16)19/h2-10,15,19H,1,11-14,16H2,(H,23,26);3-9,14,16H,1,10-13H2,2H3;2-9,14,17H,1,10-13H2;5-8,13-14,16H,2,4,9-12H2,1,3H3,(H,20,23);4-7,12,14H,2-3,8-11H2,1H3;2-5,10,12H,1,6-9H2,(H2,16,19). The molecule has 6 aliphatic rings. The van der Waals surface area contributed by atoms with Gasteiger partial charge in [-0.05, 0) is 169 Å². The molecule has 15 rings (SSSR count). The molecule has 142 heavy (non-hydrogen) atoms. The summed E-state index contributed by atoms with van der Waals surface area (Å²) in [5.74, 6) is 4.15. The van der Waals surface area contributed by atoms with Crippen LogP contribution >= 0.6 is 23.2 Å². The van der Waals surface area contributed by atoms with Crippen molar-refractivity contribution in [2.24, 2.45) is 5.73 Å². The molecule has 9 aromatic carbocycles. The zero-order valence-corrected chi connectivity index (χ0v) is 83.1. The molecule has 28 heteroatoms. The lowest BCUT2D eigenvalue weighted by Gasteiger charge is -2.31. The number of piperidine rings is 6. The van der Waals surface area contributed by atoms with Gasteiger partial charge in [0.25, 0.3) is 11.8 Å². The van der Waals surface area contributed by atoms with Crippen molar-refractivity contribution in [1.82, 2.24) is 40.0 Å². The number of para-hydroxylation sites is 1. The van der Waals surface area contributed by atoms with Crippen molar-refractivity contribution >= 4 is 82.1 Å². The van der Waals surface area contributed by atoms with Crippen molar-refractivity contribution in [3.8, 4) is 62.5 Å². The van der Waals surface area contributed by atoms with Crippen LogP contribution in [0.15, 0.2) is 294 Å². The van der Waals surface area contributed by atoms with Crippen LogP contribution in [0.1, 0.15) is 158 Å². The Morgan fingerprint density at radius 1 is 0.352 bits per heavy atom. The van der Waals surface area contributed by atoms with Crippen LogP contribution < -0.4 is 49.5 Å². The topological polar surface area (TPSA) is 305 Å². The van der Waals surface area contributed by atoms with Gasteiger partial charge in [-0.25, -0.2) is 0 Å². The van der Waals surface area contributed by atoms with Crippen LogP contribution in [-0.2, 0) is 35.3 Å². The minimum Gasteiger partial charge on any atom is -0.496 e. The van der Waals surface area contributed by atoms with Gasteiger partial charge in [0.15, 0.2) is 5.78 Å². The van der Waals surface area contributed by atoms with Crippen LogP contribution in [-0.4, -0.2) is 217 Å². The monoisotopic (exact) mass is 1970 g/mol. The maximum absolute atomic E-state index is 12.4. The second kappa shape index (κ2) is 57.3. The first kappa shape index (κ1) is 110. The number of benzene rings is 9. The van der Waals surface area contributed by atoms with E-state index >= 15 is 0 Å². The van der Waals surface area contributed by atoms with Gasteiger partial charge in [-0.2, -0.15) is 0 Å². The zero-order chi connectivity index (χ0) is 102. The second-order valence-corrected chi connectivity index (χ2v) is 35.5. The second-order valence-electron chi connectivity index (χ2n) is 34.6. The normalized spacial score (nSPS) is 15.3. The van der Waals surface area contributed by atoms with Crippen LogP contribution in [0.3, 0.4) is 0 Å². The Kier molecular flexibility index (Phi) is 44.2. The number of amides is 9. The van der Waals surface area contributed by atoms with Crippen LogP contribution in [0, 0.1) is 0 Å². The Labute approximate surface area is 844 Å². The number of nitrogens with two attached hydrogens (primary N) is 1. The lowest BCUT2D eigenvalue weighted by molar-refractivity contribution is -0.128. The number of carbonyl (C=O) groups is 10. The van der Waals surface area contributed by atoms with E-state index in [9.17, 15) is 47.9 Å². The molecule has 6 saturated heterocycles. The van der Waals surface area contributed by atoms with Crippen LogP contribution in [0.25, 0.3) is 22.3 Å². The van der Waals surface area contributed by atoms with Gasteiger partial charge < -0.3 is 78.9 Å². The van der Waals surface area contributed by atoms with Crippen molar-refractivity contribution in [2.45, 2.75) is 160 Å².